The molecule has 18 heavy (non-hydrogen) atoms. The van der Waals surface area contributed by atoms with Gasteiger partial charge in [0.15, 0.2) is 0 Å². The number of aromatic nitrogens is 3. The molecule has 3 heterocycles. The predicted octanol–water partition coefficient (Wildman–Crippen LogP) is 1.67. The van der Waals surface area contributed by atoms with Crippen molar-refractivity contribution in [3.05, 3.63) is 17.6 Å². The molecule has 0 amide bonds. The number of hydrogen-bond acceptors (Lipinski definition) is 4. The lowest BCUT2D eigenvalue weighted by Crippen LogP contribution is -2.12. The fourth-order valence-electron chi connectivity index (χ4n) is 2.70. The zero-order valence-electron chi connectivity index (χ0n) is 10.8. The average molecular weight is 246 g/mol. The summed E-state index contributed by atoms with van der Waals surface area (Å²) < 4.78 is 7.69. The van der Waals surface area contributed by atoms with Gasteiger partial charge in [-0.25, -0.2) is 9.97 Å². The third kappa shape index (κ3) is 1.66. The van der Waals surface area contributed by atoms with E-state index in [0.717, 1.165) is 37.2 Å². The van der Waals surface area contributed by atoms with Gasteiger partial charge in [-0.2, -0.15) is 0 Å². The lowest BCUT2D eigenvalue weighted by atomic mass is 10.1. The van der Waals surface area contributed by atoms with Gasteiger partial charge < -0.3 is 15.0 Å². The summed E-state index contributed by atoms with van der Waals surface area (Å²) in [6.45, 7) is 6.87. The highest BCUT2D eigenvalue weighted by Gasteiger charge is 2.21. The standard InChI is InChI=1S/C13H18N4O/c1-8-9(2)17(5-10-3-4-18-6-10)13-11(8)12(14)15-7-16-13/h7,10H,3-6H2,1-2H3,(H2,14,15,16). The first-order valence-electron chi connectivity index (χ1n) is 6.32. The van der Waals surface area contributed by atoms with E-state index in [1.54, 1.807) is 0 Å². The van der Waals surface area contributed by atoms with E-state index in [-0.39, 0.29) is 0 Å². The number of nitrogens with two attached hydrogens (primary N) is 1. The smallest absolute Gasteiger partial charge is 0.145 e. The predicted molar refractivity (Wildman–Crippen MR) is 70.3 cm³/mol. The van der Waals surface area contributed by atoms with Gasteiger partial charge in [-0.05, 0) is 25.8 Å². The number of nitrogens with zero attached hydrogens (tertiary/aromatic N) is 3. The molecule has 3 rings (SSSR count). The summed E-state index contributed by atoms with van der Waals surface area (Å²) in [5, 5.41) is 0.994. The summed E-state index contributed by atoms with van der Waals surface area (Å²) >= 11 is 0. The van der Waals surface area contributed by atoms with Crippen LogP contribution in [0.25, 0.3) is 11.0 Å². The molecule has 1 saturated heterocycles. The Morgan fingerprint density at radius 1 is 1.44 bits per heavy atom. The van der Waals surface area contributed by atoms with E-state index in [1.165, 1.54) is 17.6 Å². The number of ether oxygens (including phenoxy) is 1. The summed E-state index contributed by atoms with van der Waals surface area (Å²) in [6.07, 6.45) is 2.66. The minimum Gasteiger partial charge on any atom is -0.383 e. The van der Waals surface area contributed by atoms with Crippen LogP contribution in [0.15, 0.2) is 6.33 Å². The van der Waals surface area contributed by atoms with Crippen LogP contribution in [0.5, 0.6) is 0 Å². The summed E-state index contributed by atoms with van der Waals surface area (Å²) in [4.78, 5) is 8.48. The molecule has 2 N–H and O–H groups in total. The van der Waals surface area contributed by atoms with E-state index >= 15 is 0 Å². The molecule has 0 saturated carbocycles. The van der Waals surface area contributed by atoms with Crippen LogP contribution >= 0.6 is 0 Å². The van der Waals surface area contributed by atoms with Gasteiger partial charge in [0.05, 0.1) is 12.0 Å². The van der Waals surface area contributed by atoms with Crippen LogP contribution in [0, 0.1) is 19.8 Å². The molecule has 1 atom stereocenters. The Balaban J connectivity index is 2.10. The van der Waals surface area contributed by atoms with Gasteiger partial charge in [-0.3, -0.25) is 0 Å². The fraction of sp³-hybridized carbons (Fsp3) is 0.538. The van der Waals surface area contributed by atoms with Crippen LogP contribution in [-0.2, 0) is 11.3 Å². The summed E-state index contributed by atoms with van der Waals surface area (Å²) in [6, 6.07) is 0. The van der Waals surface area contributed by atoms with Crippen molar-refractivity contribution >= 4 is 16.9 Å². The molecule has 0 aliphatic carbocycles. The topological polar surface area (TPSA) is 66.0 Å². The number of nitrogen functional groups attached to an aromatic ring is 1. The average Bonchev–Trinajstić information content (AvgIpc) is 2.94. The van der Waals surface area contributed by atoms with Crippen LogP contribution in [-0.4, -0.2) is 27.7 Å². The van der Waals surface area contributed by atoms with E-state index in [0.29, 0.717) is 11.7 Å². The van der Waals surface area contributed by atoms with Crippen LogP contribution in [0.1, 0.15) is 17.7 Å². The van der Waals surface area contributed by atoms with Gasteiger partial charge in [0.25, 0.3) is 0 Å². The molecule has 5 nitrogen and oxygen atoms in total. The molecule has 1 aliphatic heterocycles. The number of fused-ring (bicyclic) bond motifs is 1. The highest BCUT2D eigenvalue weighted by Crippen LogP contribution is 2.28. The van der Waals surface area contributed by atoms with E-state index < -0.39 is 0 Å². The molecule has 5 heteroatoms. The molecular formula is C13H18N4O. The number of anilines is 1. The Morgan fingerprint density at radius 2 is 2.28 bits per heavy atom. The maximum absolute atomic E-state index is 5.96. The van der Waals surface area contributed by atoms with Crippen molar-refractivity contribution in [3.8, 4) is 0 Å². The maximum atomic E-state index is 5.96. The van der Waals surface area contributed by atoms with E-state index in [1.807, 2.05) is 0 Å². The summed E-state index contributed by atoms with van der Waals surface area (Å²) in [7, 11) is 0. The molecule has 96 valence electrons. The molecule has 0 aromatic carbocycles. The highest BCUT2D eigenvalue weighted by atomic mass is 16.5. The minimum atomic E-state index is 0.571. The Morgan fingerprint density at radius 3 is 3.00 bits per heavy atom. The maximum Gasteiger partial charge on any atom is 0.145 e. The van der Waals surface area contributed by atoms with Crippen molar-refractivity contribution in [1.29, 1.82) is 0 Å². The summed E-state index contributed by atoms with van der Waals surface area (Å²) in [5.74, 6) is 1.15. The van der Waals surface area contributed by atoms with Gasteiger partial charge in [-0.1, -0.05) is 0 Å². The van der Waals surface area contributed by atoms with Crippen LogP contribution < -0.4 is 5.73 Å². The second-order valence-electron chi connectivity index (χ2n) is 5.01. The van der Waals surface area contributed by atoms with Crippen LogP contribution in [0.2, 0.25) is 0 Å². The lowest BCUT2D eigenvalue weighted by Gasteiger charge is -2.12. The van der Waals surface area contributed by atoms with Gasteiger partial charge in [-0.15, -0.1) is 0 Å². The van der Waals surface area contributed by atoms with E-state index in [4.69, 9.17) is 10.5 Å². The fourth-order valence-corrected chi connectivity index (χ4v) is 2.70. The zero-order valence-corrected chi connectivity index (χ0v) is 10.8. The first kappa shape index (κ1) is 11.5. The Kier molecular flexibility index (Phi) is 2.70. The molecular weight excluding hydrogens is 228 g/mol. The van der Waals surface area contributed by atoms with Gasteiger partial charge in [0.2, 0.25) is 0 Å². The van der Waals surface area contributed by atoms with E-state index in [9.17, 15) is 0 Å². The summed E-state index contributed by atoms with van der Waals surface area (Å²) in [5.41, 5.74) is 9.32. The third-order valence-corrected chi connectivity index (χ3v) is 3.90. The monoisotopic (exact) mass is 246 g/mol. The first-order chi connectivity index (χ1) is 8.68. The van der Waals surface area contributed by atoms with Crippen molar-refractivity contribution in [3.63, 3.8) is 0 Å². The Bertz CT molecular complexity index is 584. The Labute approximate surface area is 106 Å². The minimum absolute atomic E-state index is 0.571. The van der Waals surface area contributed by atoms with Gasteiger partial charge in [0.1, 0.15) is 17.8 Å². The van der Waals surface area contributed by atoms with Crippen molar-refractivity contribution in [2.24, 2.45) is 5.92 Å². The largest absolute Gasteiger partial charge is 0.383 e. The number of aryl methyl sites for hydroxylation is 1. The van der Waals surface area contributed by atoms with Crippen LogP contribution in [0.3, 0.4) is 0 Å². The quantitative estimate of drug-likeness (QED) is 0.875. The third-order valence-electron chi connectivity index (χ3n) is 3.90. The molecule has 2 aromatic heterocycles. The number of rotatable bonds is 2. The first-order valence-corrected chi connectivity index (χ1v) is 6.32. The molecule has 0 spiro atoms. The molecule has 0 radical (unpaired) electrons. The van der Waals surface area contributed by atoms with Crippen molar-refractivity contribution in [1.82, 2.24) is 14.5 Å². The molecule has 1 unspecified atom stereocenters. The normalized spacial score (nSPS) is 19.8. The van der Waals surface area contributed by atoms with Crippen LogP contribution in [0.4, 0.5) is 5.82 Å². The van der Waals surface area contributed by atoms with Crippen molar-refractivity contribution in [2.45, 2.75) is 26.8 Å². The second-order valence-corrected chi connectivity index (χ2v) is 5.01. The highest BCUT2D eigenvalue weighted by molar-refractivity contribution is 5.90. The van der Waals surface area contributed by atoms with Gasteiger partial charge in [0, 0.05) is 24.8 Å². The van der Waals surface area contributed by atoms with Crippen molar-refractivity contribution < 1.29 is 4.74 Å². The number of hydrogen-bond donors (Lipinski definition) is 1. The van der Waals surface area contributed by atoms with Gasteiger partial charge >= 0.3 is 0 Å². The van der Waals surface area contributed by atoms with Crippen molar-refractivity contribution in [2.75, 3.05) is 18.9 Å². The molecule has 2 aromatic rings. The SMILES string of the molecule is Cc1c(C)n(CC2CCOC2)c2ncnc(N)c12. The molecule has 0 bridgehead atoms. The molecule has 1 fully saturated rings. The second kappa shape index (κ2) is 4.24. The molecule has 1 aliphatic rings. The Hall–Kier alpha value is -1.62. The lowest BCUT2D eigenvalue weighted by molar-refractivity contribution is 0.182. The van der Waals surface area contributed by atoms with E-state index in [2.05, 4.69) is 28.4 Å². The zero-order chi connectivity index (χ0) is 12.7.